The summed E-state index contributed by atoms with van der Waals surface area (Å²) in [4.78, 5) is 0. The summed E-state index contributed by atoms with van der Waals surface area (Å²) in [5, 5.41) is 13.4. The summed E-state index contributed by atoms with van der Waals surface area (Å²) in [6.45, 7) is 5.25. The van der Waals surface area contributed by atoms with E-state index in [2.05, 4.69) is 10.6 Å². The van der Waals surface area contributed by atoms with E-state index in [0.717, 1.165) is 43.3 Å². The number of rotatable bonds is 8. The van der Waals surface area contributed by atoms with Gasteiger partial charge in [0, 0.05) is 5.56 Å². The highest BCUT2D eigenvalue weighted by Gasteiger charge is 2.06. The van der Waals surface area contributed by atoms with Gasteiger partial charge in [-0.15, -0.1) is 0 Å². The van der Waals surface area contributed by atoms with Gasteiger partial charge in [0.15, 0.2) is 5.76 Å². The van der Waals surface area contributed by atoms with Crippen LogP contribution in [0.2, 0.25) is 0 Å². The molecule has 114 valence electrons. The van der Waals surface area contributed by atoms with E-state index in [1.165, 1.54) is 12.1 Å². The second kappa shape index (κ2) is 7.93. The van der Waals surface area contributed by atoms with Gasteiger partial charge in [-0.2, -0.15) is 0 Å². The van der Waals surface area contributed by atoms with Crippen molar-refractivity contribution in [1.82, 2.24) is 0 Å². The van der Waals surface area contributed by atoms with E-state index in [-0.39, 0.29) is 11.9 Å². The lowest BCUT2D eigenvalue weighted by atomic mass is 10.2. The van der Waals surface area contributed by atoms with Gasteiger partial charge in [0.2, 0.25) is 0 Å². The molecule has 0 saturated carbocycles. The average molecular weight is 294 g/mol. The minimum Gasteiger partial charge on any atom is -0.455 e. The fourth-order valence-electron chi connectivity index (χ4n) is 2.10. The number of nitrogens with two attached hydrogens (primary N) is 2. The maximum Gasteiger partial charge on any atom is 0.158 e. The zero-order valence-corrected chi connectivity index (χ0v) is 12.3. The fourth-order valence-corrected chi connectivity index (χ4v) is 2.10. The molecule has 0 fully saturated rings. The van der Waals surface area contributed by atoms with Gasteiger partial charge in [0.1, 0.15) is 37.8 Å². The van der Waals surface area contributed by atoms with E-state index in [4.69, 9.17) is 9.52 Å². The lowest BCUT2D eigenvalue weighted by Gasteiger charge is -2.03. The predicted octanol–water partition coefficient (Wildman–Crippen LogP) is 0.0933. The van der Waals surface area contributed by atoms with E-state index in [9.17, 15) is 4.39 Å². The highest BCUT2D eigenvalue weighted by atomic mass is 19.1. The molecule has 0 amide bonds. The van der Waals surface area contributed by atoms with Crippen molar-refractivity contribution in [3.8, 4) is 11.3 Å². The molecule has 21 heavy (non-hydrogen) atoms. The quantitative estimate of drug-likeness (QED) is 0.604. The van der Waals surface area contributed by atoms with Crippen molar-refractivity contribution in [3.63, 3.8) is 0 Å². The van der Waals surface area contributed by atoms with E-state index in [0.29, 0.717) is 0 Å². The Morgan fingerprint density at radius 1 is 1.10 bits per heavy atom. The number of aliphatic hydroxyl groups is 1. The Hall–Kier alpha value is -1.69. The maximum absolute atomic E-state index is 12.9. The third-order valence-electron chi connectivity index (χ3n) is 3.22. The smallest absolute Gasteiger partial charge is 0.158 e. The molecule has 1 atom stereocenters. The summed E-state index contributed by atoms with van der Waals surface area (Å²) in [6, 6.07) is 10.2. The van der Waals surface area contributed by atoms with Crippen molar-refractivity contribution >= 4 is 0 Å². The molecule has 5 N–H and O–H groups in total. The van der Waals surface area contributed by atoms with Gasteiger partial charge < -0.3 is 20.2 Å². The fraction of sp³-hybridized carbons (Fsp3) is 0.375. The number of furan rings is 1. The van der Waals surface area contributed by atoms with Crippen LogP contribution in [0.25, 0.3) is 11.3 Å². The SMILES string of the molecule is C[C@@H](O)C[NH2+]CC[NH2+]Cc1ccc(-c2ccc(F)cc2)o1. The van der Waals surface area contributed by atoms with Crippen LogP contribution in [0.4, 0.5) is 4.39 Å². The van der Waals surface area contributed by atoms with Crippen LogP contribution in [-0.2, 0) is 6.54 Å². The third-order valence-corrected chi connectivity index (χ3v) is 3.22. The van der Waals surface area contributed by atoms with Crippen LogP contribution in [0, 0.1) is 5.82 Å². The summed E-state index contributed by atoms with van der Waals surface area (Å²) in [7, 11) is 0. The Morgan fingerprint density at radius 2 is 1.81 bits per heavy atom. The van der Waals surface area contributed by atoms with Crippen LogP contribution >= 0.6 is 0 Å². The Bertz CT molecular complexity index is 537. The van der Waals surface area contributed by atoms with Crippen molar-refractivity contribution in [2.45, 2.75) is 19.6 Å². The zero-order chi connectivity index (χ0) is 15.1. The first-order valence-electron chi connectivity index (χ1n) is 7.31. The molecule has 1 aromatic carbocycles. The Balaban J connectivity index is 1.74. The molecule has 2 aromatic rings. The van der Waals surface area contributed by atoms with Crippen LogP contribution in [0.1, 0.15) is 12.7 Å². The zero-order valence-electron chi connectivity index (χ0n) is 12.3. The Morgan fingerprint density at radius 3 is 2.52 bits per heavy atom. The second-order valence-electron chi connectivity index (χ2n) is 5.22. The van der Waals surface area contributed by atoms with Gasteiger partial charge in [-0.25, -0.2) is 4.39 Å². The number of hydrogen-bond donors (Lipinski definition) is 3. The first-order valence-corrected chi connectivity index (χ1v) is 7.31. The molecule has 0 saturated heterocycles. The maximum atomic E-state index is 12.9. The Labute approximate surface area is 124 Å². The summed E-state index contributed by atoms with van der Waals surface area (Å²) in [5.74, 6) is 1.43. The third kappa shape index (κ3) is 5.30. The minimum absolute atomic E-state index is 0.243. The normalized spacial score (nSPS) is 12.5. The monoisotopic (exact) mass is 294 g/mol. The molecule has 0 unspecified atom stereocenters. The van der Waals surface area contributed by atoms with Gasteiger partial charge >= 0.3 is 0 Å². The minimum atomic E-state index is -0.256. The van der Waals surface area contributed by atoms with Crippen molar-refractivity contribution in [2.75, 3.05) is 19.6 Å². The number of benzene rings is 1. The molecular formula is C16H23FN2O2+2. The highest BCUT2D eigenvalue weighted by molar-refractivity contribution is 5.57. The van der Waals surface area contributed by atoms with Crippen LogP contribution < -0.4 is 10.6 Å². The molecule has 1 heterocycles. The average Bonchev–Trinajstić information content (AvgIpc) is 2.92. The van der Waals surface area contributed by atoms with Gasteiger partial charge in [0.05, 0.1) is 6.10 Å². The predicted molar refractivity (Wildman–Crippen MR) is 77.9 cm³/mol. The van der Waals surface area contributed by atoms with Gasteiger partial charge in [0.25, 0.3) is 0 Å². The Kier molecular flexibility index (Phi) is 5.92. The molecule has 0 spiro atoms. The van der Waals surface area contributed by atoms with Gasteiger partial charge in [-0.3, -0.25) is 0 Å². The molecule has 0 radical (unpaired) electrons. The molecule has 2 rings (SSSR count). The summed E-state index contributed by atoms with van der Waals surface area (Å²) < 4.78 is 18.6. The van der Waals surface area contributed by atoms with Gasteiger partial charge in [-0.05, 0) is 43.3 Å². The molecule has 5 heteroatoms. The van der Waals surface area contributed by atoms with Crippen LogP contribution in [0.5, 0.6) is 0 Å². The standard InChI is InChI=1S/C16H21FN2O2/c1-12(20)10-18-8-9-19-11-15-6-7-16(21-15)13-2-4-14(17)5-3-13/h2-7,12,18-20H,8-11H2,1H3/p+2/t12-/m1/s1. The number of halogens is 1. The largest absolute Gasteiger partial charge is 0.455 e. The molecule has 1 aromatic heterocycles. The summed E-state index contributed by atoms with van der Waals surface area (Å²) >= 11 is 0. The van der Waals surface area contributed by atoms with Crippen LogP contribution in [0.15, 0.2) is 40.8 Å². The first-order chi connectivity index (χ1) is 10.1. The summed E-state index contributed by atoms with van der Waals surface area (Å²) in [5.41, 5.74) is 0.882. The highest BCUT2D eigenvalue weighted by Crippen LogP contribution is 2.21. The molecule has 0 bridgehead atoms. The van der Waals surface area contributed by atoms with E-state index >= 15 is 0 Å². The summed E-state index contributed by atoms with van der Waals surface area (Å²) in [6.07, 6.45) is -0.256. The molecule has 0 aliphatic carbocycles. The van der Waals surface area contributed by atoms with E-state index in [1.807, 2.05) is 12.1 Å². The second-order valence-corrected chi connectivity index (χ2v) is 5.22. The van der Waals surface area contributed by atoms with Crippen molar-refractivity contribution in [3.05, 3.63) is 48.0 Å². The molecular weight excluding hydrogens is 271 g/mol. The number of aliphatic hydroxyl groups excluding tert-OH is 1. The first kappa shape index (κ1) is 15.7. The molecule has 0 aliphatic rings. The van der Waals surface area contributed by atoms with Crippen molar-refractivity contribution in [1.29, 1.82) is 0 Å². The van der Waals surface area contributed by atoms with Crippen LogP contribution in [-0.4, -0.2) is 30.8 Å². The van der Waals surface area contributed by atoms with Crippen LogP contribution in [0.3, 0.4) is 0 Å². The number of hydrogen-bond acceptors (Lipinski definition) is 2. The van der Waals surface area contributed by atoms with Gasteiger partial charge in [-0.1, -0.05) is 0 Å². The molecule has 0 aliphatic heterocycles. The lowest BCUT2D eigenvalue weighted by Crippen LogP contribution is -2.95. The van der Waals surface area contributed by atoms with Crippen molar-refractivity contribution in [2.24, 2.45) is 0 Å². The topological polar surface area (TPSA) is 66.6 Å². The van der Waals surface area contributed by atoms with Crippen molar-refractivity contribution < 1.29 is 24.5 Å². The molecule has 4 nitrogen and oxygen atoms in total. The van der Waals surface area contributed by atoms with E-state index < -0.39 is 0 Å². The van der Waals surface area contributed by atoms with E-state index in [1.54, 1.807) is 19.1 Å². The lowest BCUT2D eigenvalue weighted by molar-refractivity contribution is -0.733. The number of quaternary nitrogens is 2.